The molecular weight excluding hydrogens is 346 g/mol. The Kier molecular flexibility index (Phi) is 5.85. The van der Waals surface area contributed by atoms with Gasteiger partial charge < -0.3 is 15.7 Å². The van der Waals surface area contributed by atoms with Gasteiger partial charge in [-0.05, 0) is 30.2 Å². The zero-order chi connectivity index (χ0) is 18.5. The van der Waals surface area contributed by atoms with Gasteiger partial charge >= 0.3 is 6.03 Å². The Morgan fingerprint density at radius 1 is 1.19 bits per heavy atom. The lowest BCUT2D eigenvalue weighted by atomic mass is 10.1. The van der Waals surface area contributed by atoms with Crippen LogP contribution in [0.1, 0.15) is 30.3 Å². The summed E-state index contributed by atoms with van der Waals surface area (Å²) in [5.74, 6) is 0.385. The van der Waals surface area contributed by atoms with Crippen molar-refractivity contribution in [1.82, 2.24) is 10.3 Å². The van der Waals surface area contributed by atoms with Crippen LogP contribution in [-0.4, -0.2) is 28.8 Å². The van der Waals surface area contributed by atoms with Gasteiger partial charge in [-0.1, -0.05) is 44.2 Å². The number of thiazole rings is 1. The first-order valence-corrected chi connectivity index (χ1v) is 9.49. The summed E-state index contributed by atoms with van der Waals surface area (Å²) in [7, 11) is 0. The van der Waals surface area contributed by atoms with E-state index in [2.05, 4.69) is 29.5 Å². The molecule has 0 aliphatic rings. The lowest BCUT2D eigenvalue weighted by molar-refractivity contribution is 0.224. The van der Waals surface area contributed by atoms with Crippen LogP contribution in [-0.2, 0) is 6.42 Å². The molecule has 136 valence electrons. The summed E-state index contributed by atoms with van der Waals surface area (Å²) in [6, 6.07) is 14.8. The number of carbonyl (C=O) groups excluding carboxylic acids is 1. The van der Waals surface area contributed by atoms with E-state index in [1.54, 1.807) is 11.3 Å². The number of fused-ring (bicyclic) bond motifs is 1. The van der Waals surface area contributed by atoms with E-state index in [1.165, 1.54) is 0 Å². The Balaban J connectivity index is 1.64. The van der Waals surface area contributed by atoms with Gasteiger partial charge in [-0.3, -0.25) is 0 Å². The minimum Gasteiger partial charge on any atom is -0.394 e. The molecule has 1 unspecified atom stereocenters. The molecule has 2 aromatic carbocycles. The Bertz CT molecular complexity index is 877. The normalized spacial score (nSPS) is 12.3. The number of carbonyl (C=O) groups is 1. The van der Waals surface area contributed by atoms with Crippen LogP contribution in [0.2, 0.25) is 0 Å². The number of hydrogen-bond donors (Lipinski definition) is 3. The minimum absolute atomic E-state index is 0.117. The summed E-state index contributed by atoms with van der Waals surface area (Å²) < 4.78 is 1.05. The first kappa shape index (κ1) is 18.4. The standard InChI is InChI=1S/C20H23N3O2S/c1-13(2)19-23-17-9-8-15(11-18(17)26-19)21-20(25)22-16(12-24)10-14-6-4-3-5-7-14/h3-9,11,13,16,24H,10,12H2,1-2H3,(H2,21,22,25). The van der Waals surface area contributed by atoms with Gasteiger partial charge in [0, 0.05) is 11.6 Å². The highest BCUT2D eigenvalue weighted by Crippen LogP contribution is 2.29. The highest BCUT2D eigenvalue weighted by molar-refractivity contribution is 7.18. The number of nitrogens with zero attached hydrogens (tertiary/aromatic N) is 1. The summed E-state index contributed by atoms with van der Waals surface area (Å²) in [6.07, 6.45) is 0.580. The van der Waals surface area contributed by atoms with Crippen LogP contribution in [0.15, 0.2) is 48.5 Å². The summed E-state index contributed by atoms with van der Waals surface area (Å²) in [5, 5.41) is 16.3. The maximum absolute atomic E-state index is 12.3. The predicted octanol–water partition coefficient (Wildman–Crippen LogP) is 4.14. The van der Waals surface area contributed by atoms with Crippen LogP contribution < -0.4 is 10.6 Å². The average molecular weight is 369 g/mol. The van der Waals surface area contributed by atoms with Crippen molar-refractivity contribution in [2.45, 2.75) is 32.2 Å². The van der Waals surface area contributed by atoms with Crippen molar-refractivity contribution in [3.05, 3.63) is 59.1 Å². The van der Waals surface area contributed by atoms with Crippen molar-refractivity contribution in [1.29, 1.82) is 0 Å². The van der Waals surface area contributed by atoms with Gasteiger partial charge in [-0.2, -0.15) is 0 Å². The SMILES string of the molecule is CC(C)c1nc2ccc(NC(=O)NC(CO)Cc3ccccc3)cc2s1. The lowest BCUT2D eigenvalue weighted by Gasteiger charge is -2.17. The quantitative estimate of drug-likeness (QED) is 0.611. The third-order valence-corrected chi connectivity index (χ3v) is 5.36. The molecule has 5 nitrogen and oxygen atoms in total. The van der Waals surface area contributed by atoms with Crippen molar-refractivity contribution in [2.24, 2.45) is 0 Å². The monoisotopic (exact) mass is 369 g/mol. The molecule has 0 saturated heterocycles. The molecule has 0 saturated carbocycles. The van der Waals surface area contributed by atoms with E-state index in [-0.39, 0.29) is 18.7 Å². The molecule has 1 heterocycles. The first-order chi connectivity index (χ1) is 12.5. The second-order valence-corrected chi connectivity index (χ2v) is 7.62. The number of aliphatic hydroxyl groups excluding tert-OH is 1. The number of amides is 2. The van der Waals surface area contributed by atoms with Gasteiger partial charge in [0.25, 0.3) is 0 Å². The maximum atomic E-state index is 12.3. The topological polar surface area (TPSA) is 74.2 Å². The molecular formula is C20H23N3O2S. The van der Waals surface area contributed by atoms with Crippen molar-refractivity contribution in [2.75, 3.05) is 11.9 Å². The molecule has 1 aromatic heterocycles. The number of anilines is 1. The van der Waals surface area contributed by atoms with Gasteiger partial charge in [-0.25, -0.2) is 9.78 Å². The molecule has 0 radical (unpaired) electrons. The average Bonchev–Trinajstić information content (AvgIpc) is 3.05. The second kappa shape index (κ2) is 8.29. The van der Waals surface area contributed by atoms with Crippen LogP contribution in [0.3, 0.4) is 0 Å². The molecule has 0 fully saturated rings. The Hall–Kier alpha value is -2.44. The highest BCUT2D eigenvalue weighted by atomic mass is 32.1. The number of aromatic nitrogens is 1. The number of benzene rings is 2. The number of rotatable bonds is 6. The fourth-order valence-corrected chi connectivity index (χ4v) is 3.69. The molecule has 6 heteroatoms. The molecule has 26 heavy (non-hydrogen) atoms. The number of hydrogen-bond acceptors (Lipinski definition) is 4. The van der Waals surface area contributed by atoms with Gasteiger partial charge in [0.1, 0.15) is 0 Å². The maximum Gasteiger partial charge on any atom is 0.319 e. The van der Waals surface area contributed by atoms with Crippen LogP contribution in [0.25, 0.3) is 10.2 Å². The van der Waals surface area contributed by atoms with Crippen molar-refractivity contribution < 1.29 is 9.90 Å². The molecule has 1 atom stereocenters. The fraction of sp³-hybridized carbons (Fsp3) is 0.300. The molecule has 0 aliphatic heterocycles. The minimum atomic E-state index is -0.336. The van der Waals surface area contributed by atoms with Crippen molar-refractivity contribution in [3.63, 3.8) is 0 Å². The number of aliphatic hydroxyl groups is 1. The Morgan fingerprint density at radius 2 is 1.96 bits per heavy atom. The van der Waals surface area contributed by atoms with Crippen LogP contribution in [0.5, 0.6) is 0 Å². The van der Waals surface area contributed by atoms with Crippen LogP contribution in [0, 0.1) is 0 Å². The largest absolute Gasteiger partial charge is 0.394 e. The molecule has 0 spiro atoms. The van der Waals surface area contributed by atoms with E-state index in [0.29, 0.717) is 18.0 Å². The fourth-order valence-electron chi connectivity index (χ4n) is 2.68. The van der Waals surface area contributed by atoms with E-state index in [1.807, 2.05) is 48.5 Å². The number of nitrogens with one attached hydrogen (secondary N) is 2. The van der Waals surface area contributed by atoms with Gasteiger partial charge in [-0.15, -0.1) is 11.3 Å². The lowest BCUT2D eigenvalue weighted by Crippen LogP contribution is -2.41. The molecule has 3 rings (SSSR count). The zero-order valence-corrected chi connectivity index (χ0v) is 15.7. The van der Waals surface area contributed by atoms with Crippen molar-refractivity contribution >= 4 is 33.3 Å². The summed E-state index contributed by atoms with van der Waals surface area (Å²) >= 11 is 1.64. The molecule has 0 bridgehead atoms. The molecule has 0 aliphatic carbocycles. The van der Waals surface area contributed by atoms with Crippen LogP contribution in [0.4, 0.5) is 10.5 Å². The van der Waals surface area contributed by atoms with E-state index < -0.39 is 0 Å². The second-order valence-electron chi connectivity index (χ2n) is 6.56. The third-order valence-electron chi connectivity index (χ3n) is 4.04. The number of urea groups is 1. The van der Waals surface area contributed by atoms with E-state index in [9.17, 15) is 9.90 Å². The van der Waals surface area contributed by atoms with Gasteiger partial charge in [0.05, 0.1) is 27.9 Å². The smallest absolute Gasteiger partial charge is 0.319 e. The molecule has 2 amide bonds. The Labute approximate surface area is 157 Å². The first-order valence-electron chi connectivity index (χ1n) is 8.68. The van der Waals surface area contributed by atoms with Crippen molar-refractivity contribution in [3.8, 4) is 0 Å². The van der Waals surface area contributed by atoms with E-state index in [0.717, 1.165) is 20.8 Å². The predicted molar refractivity (Wildman–Crippen MR) is 107 cm³/mol. The summed E-state index contributed by atoms with van der Waals surface area (Å²) in [5.41, 5.74) is 2.73. The Morgan fingerprint density at radius 3 is 2.65 bits per heavy atom. The van der Waals surface area contributed by atoms with Crippen LogP contribution >= 0.6 is 11.3 Å². The van der Waals surface area contributed by atoms with E-state index >= 15 is 0 Å². The summed E-state index contributed by atoms with van der Waals surface area (Å²) in [4.78, 5) is 16.9. The zero-order valence-electron chi connectivity index (χ0n) is 14.9. The van der Waals surface area contributed by atoms with Gasteiger partial charge in [0.15, 0.2) is 0 Å². The van der Waals surface area contributed by atoms with E-state index in [4.69, 9.17) is 0 Å². The third kappa shape index (κ3) is 4.59. The van der Waals surface area contributed by atoms with Gasteiger partial charge in [0.2, 0.25) is 0 Å². The summed E-state index contributed by atoms with van der Waals surface area (Å²) in [6.45, 7) is 4.12. The highest BCUT2D eigenvalue weighted by Gasteiger charge is 2.13. The molecule has 3 N–H and O–H groups in total. The molecule has 3 aromatic rings.